The fourth-order valence-electron chi connectivity index (χ4n) is 3.06. The standard InChI is InChI=1S/C20H16ClN3OS/c21-18-14-8-7-13-17(18)19-20(22)24(16-11-5-2-6-12-16)26(25)23(19)15-9-3-1-4-10-15/h1-14,19,22H. The van der Waals surface area contributed by atoms with E-state index in [2.05, 4.69) is 0 Å². The Hall–Kier alpha value is -2.63. The zero-order chi connectivity index (χ0) is 18.1. The summed E-state index contributed by atoms with van der Waals surface area (Å²) in [4.78, 5) is 0. The quantitative estimate of drug-likeness (QED) is 0.684. The lowest BCUT2D eigenvalue weighted by atomic mass is 10.0. The lowest BCUT2D eigenvalue weighted by Crippen LogP contribution is -2.27. The summed E-state index contributed by atoms with van der Waals surface area (Å²) in [5.74, 6) is 0.228. The third-order valence-corrected chi connectivity index (χ3v) is 6.06. The first-order valence-corrected chi connectivity index (χ1v) is 9.57. The molecule has 0 aromatic heterocycles. The van der Waals surface area contributed by atoms with Gasteiger partial charge in [0.05, 0.1) is 11.4 Å². The van der Waals surface area contributed by atoms with E-state index in [4.69, 9.17) is 17.0 Å². The normalized spacial score (nSPS) is 19.8. The Kier molecular flexibility index (Phi) is 4.49. The molecule has 2 unspecified atom stereocenters. The monoisotopic (exact) mass is 381 g/mol. The Morgan fingerprint density at radius 3 is 1.96 bits per heavy atom. The van der Waals surface area contributed by atoms with Crippen molar-refractivity contribution in [3.05, 3.63) is 95.5 Å². The van der Waals surface area contributed by atoms with Crippen LogP contribution >= 0.6 is 11.6 Å². The molecule has 0 radical (unpaired) electrons. The molecule has 1 aliphatic rings. The van der Waals surface area contributed by atoms with E-state index in [9.17, 15) is 4.21 Å². The van der Waals surface area contributed by atoms with Gasteiger partial charge in [-0.25, -0.2) is 8.51 Å². The number of para-hydroxylation sites is 2. The topological polar surface area (TPSA) is 47.4 Å². The molecular formula is C20H16ClN3OS. The highest BCUT2D eigenvalue weighted by Crippen LogP contribution is 2.41. The maximum absolute atomic E-state index is 13.4. The molecule has 1 fully saturated rings. The molecule has 2 atom stereocenters. The van der Waals surface area contributed by atoms with Crippen LogP contribution < -0.4 is 8.61 Å². The fourth-order valence-corrected chi connectivity index (χ4v) is 4.74. The molecule has 1 aliphatic heterocycles. The number of hydrogen-bond donors (Lipinski definition) is 1. The van der Waals surface area contributed by atoms with Gasteiger partial charge in [0.15, 0.2) is 0 Å². The third-order valence-electron chi connectivity index (χ3n) is 4.24. The number of amidine groups is 1. The summed E-state index contributed by atoms with van der Waals surface area (Å²) in [5.41, 5.74) is 2.25. The zero-order valence-electron chi connectivity index (χ0n) is 13.7. The van der Waals surface area contributed by atoms with E-state index in [0.717, 1.165) is 11.3 Å². The van der Waals surface area contributed by atoms with Crippen molar-refractivity contribution in [2.75, 3.05) is 8.61 Å². The van der Waals surface area contributed by atoms with Gasteiger partial charge >= 0.3 is 0 Å². The van der Waals surface area contributed by atoms with E-state index in [1.807, 2.05) is 78.9 Å². The number of nitrogens with zero attached hydrogens (tertiary/aromatic N) is 2. The van der Waals surface area contributed by atoms with Gasteiger partial charge in [0.25, 0.3) is 0 Å². The van der Waals surface area contributed by atoms with Gasteiger partial charge in [0, 0.05) is 10.6 Å². The molecule has 0 aliphatic carbocycles. The lowest BCUT2D eigenvalue weighted by Gasteiger charge is -2.23. The fraction of sp³-hybridized carbons (Fsp3) is 0.0500. The van der Waals surface area contributed by atoms with Gasteiger partial charge < -0.3 is 0 Å². The minimum Gasteiger partial charge on any atom is -0.285 e. The van der Waals surface area contributed by atoms with E-state index < -0.39 is 17.2 Å². The molecular weight excluding hydrogens is 366 g/mol. The molecule has 6 heteroatoms. The number of anilines is 2. The maximum Gasteiger partial charge on any atom is 0.232 e. The number of hydrogen-bond acceptors (Lipinski definition) is 2. The van der Waals surface area contributed by atoms with Gasteiger partial charge in [-0.15, -0.1) is 0 Å². The number of rotatable bonds is 3. The van der Waals surface area contributed by atoms with Gasteiger partial charge in [-0.3, -0.25) is 9.71 Å². The van der Waals surface area contributed by atoms with Crippen LogP contribution in [0.4, 0.5) is 11.4 Å². The van der Waals surface area contributed by atoms with E-state index in [-0.39, 0.29) is 5.84 Å². The molecule has 3 aromatic carbocycles. The molecule has 0 amide bonds. The predicted octanol–water partition coefficient (Wildman–Crippen LogP) is 4.96. The van der Waals surface area contributed by atoms with Crippen molar-refractivity contribution >= 4 is 40.0 Å². The first-order chi connectivity index (χ1) is 12.7. The van der Waals surface area contributed by atoms with Gasteiger partial charge in [0.2, 0.25) is 11.2 Å². The molecule has 0 bridgehead atoms. The second-order valence-electron chi connectivity index (χ2n) is 5.83. The van der Waals surface area contributed by atoms with Crippen molar-refractivity contribution < 1.29 is 4.21 Å². The average molecular weight is 382 g/mol. The molecule has 4 rings (SSSR count). The van der Waals surface area contributed by atoms with E-state index in [1.165, 1.54) is 0 Å². The molecule has 1 heterocycles. The summed E-state index contributed by atoms with van der Waals surface area (Å²) < 4.78 is 16.7. The minimum absolute atomic E-state index is 0.228. The zero-order valence-corrected chi connectivity index (χ0v) is 15.3. The van der Waals surface area contributed by atoms with Gasteiger partial charge in [-0.05, 0) is 30.3 Å². The van der Waals surface area contributed by atoms with Crippen molar-refractivity contribution in [3.63, 3.8) is 0 Å². The van der Waals surface area contributed by atoms with Crippen LogP contribution in [-0.4, -0.2) is 10.0 Å². The summed E-state index contributed by atoms with van der Waals surface area (Å²) in [6.45, 7) is 0. The minimum atomic E-state index is -1.59. The van der Waals surface area contributed by atoms with Crippen molar-refractivity contribution in [1.82, 2.24) is 0 Å². The largest absolute Gasteiger partial charge is 0.285 e. The van der Waals surface area contributed by atoms with Crippen molar-refractivity contribution in [1.29, 1.82) is 5.41 Å². The van der Waals surface area contributed by atoms with Crippen LogP contribution in [0.5, 0.6) is 0 Å². The summed E-state index contributed by atoms with van der Waals surface area (Å²) in [6, 6.07) is 25.7. The van der Waals surface area contributed by atoms with Crippen LogP contribution in [0.2, 0.25) is 5.02 Å². The molecule has 130 valence electrons. The summed E-state index contributed by atoms with van der Waals surface area (Å²) >= 11 is 4.84. The van der Waals surface area contributed by atoms with E-state index in [1.54, 1.807) is 14.7 Å². The first-order valence-electron chi connectivity index (χ1n) is 8.13. The van der Waals surface area contributed by atoms with Crippen molar-refractivity contribution in [3.8, 4) is 0 Å². The average Bonchev–Trinajstić information content (AvgIpc) is 2.94. The highest BCUT2D eigenvalue weighted by Gasteiger charge is 2.44. The SMILES string of the molecule is N=C1C(c2ccccc2Cl)N(c2ccccc2)S(=O)N1c1ccccc1. The summed E-state index contributed by atoms with van der Waals surface area (Å²) in [6.07, 6.45) is 0. The lowest BCUT2D eigenvalue weighted by molar-refractivity contribution is 0.682. The number of benzene rings is 3. The van der Waals surface area contributed by atoms with Crippen LogP contribution in [-0.2, 0) is 11.2 Å². The molecule has 1 saturated heterocycles. The third kappa shape index (κ3) is 2.79. The summed E-state index contributed by atoms with van der Waals surface area (Å²) in [7, 11) is 0. The number of halogens is 1. The highest BCUT2D eigenvalue weighted by atomic mass is 35.5. The molecule has 4 nitrogen and oxygen atoms in total. The smallest absolute Gasteiger partial charge is 0.232 e. The molecule has 0 saturated carbocycles. The van der Waals surface area contributed by atoms with Gasteiger partial charge in [-0.1, -0.05) is 66.2 Å². The van der Waals surface area contributed by atoms with Crippen LogP contribution in [0.1, 0.15) is 11.6 Å². The van der Waals surface area contributed by atoms with Gasteiger partial charge in [0.1, 0.15) is 11.9 Å². The van der Waals surface area contributed by atoms with Crippen molar-refractivity contribution in [2.24, 2.45) is 0 Å². The van der Waals surface area contributed by atoms with Crippen LogP contribution in [0.3, 0.4) is 0 Å². The predicted molar refractivity (Wildman–Crippen MR) is 108 cm³/mol. The van der Waals surface area contributed by atoms with Crippen molar-refractivity contribution in [2.45, 2.75) is 6.04 Å². The first kappa shape index (κ1) is 16.8. The Bertz CT molecular complexity index is 965. The Morgan fingerprint density at radius 1 is 0.808 bits per heavy atom. The Labute approximate surface area is 159 Å². The van der Waals surface area contributed by atoms with Crippen LogP contribution in [0.15, 0.2) is 84.9 Å². The Morgan fingerprint density at radius 2 is 1.35 bits per heavy atom. The van der Waals surface area contributed by atoms with Crippen LogP contribution in [0.25, 0.3) is 0 Å². The molecule has 3 aromatic rings. The highest BCUT2D eigenvalue weighted by molar-refractivity contribution is 7.89. The maximum atomic E-state index is 13.4. The molecule has 1 N–H and O–H groups in total. The summed E-state index contributed by atoms with van der Waals surface area (Å²) in [5, 5.41) is 9.33. The molecule has 26 heavy (non-hydrogen) atoms. The molecule has 0 spiro atoms. The van der Waals surface area contributed by atoms with E-state index in [0.29, 0.717) is 10.7 Å². The Balaban J connectivity index is 1.88. The van der Waals surface area contributed by atoms with Gasteiger partial charge in [-0.2, -0.15) is 0 Å². The van der Waals surface area contributed by atoms with E-state index >= 15 is 0 Å². The second-order valence-corrected chi connectivity index (χ2v) is 7.46. The van der Waals surface area contributed by atoms with Crippen LogP contribution in [0, 0.1) is 5.41 Å². The second kappa shape index (κ2) is 6.94. The number of nitrogens with one attached hydrogen (secondary N) is 1.